The molecule has 0 saturated carbocycles. The van der Waals surface area contributed by atoms with E-state index in [0.717, 1.165) is 18.5 Å². The molecule has 2 aromatic rings. The van der Waals surface area contributed by atoms with Crippen LogP contribution in [0.4, 0.5) is 0 Å². The Labute approximate surface area is 135 Å². The average Bonchev–Trinajstić information content (AvgIpc) is 2.88. The number of benzene rings is 1. The first-order valence-corrected chi connectivity index (χ1v) is 7.98. The van der Waals surface area contributed by atoms with Crippen molar-refractivity contribution in [3.63, 3.8) is 0 Å². The lowest BCUT2D eigenvalue weighted by Gasteiger charge is -2.14. The van der Waals surface area contributed by atoms with Crippen molar-refractivity contribution < 1.29 is 5.11 Å². The van der Waals surface area contributed by atoms with Gasteiger partial charge in [-0.15, -0.1) is 0 Å². The van der Waals surface area contributed by atoms with Crippen LogP contribution in [0.3, 0.4) is 0 Å². The summed E-state index contributed by atoms with van der Waals surface area (Å²) < 4.78 is 1.97. The first-order valence-electron chi connectivity index (χ1n) is 7.22. The predicted octanol–water partition coefficient (Wildman–Crippen LogP) is 4.83. The molecule has 0 saturated heterocycles. The van der Waals surface area contributed by atoms with Gasteiger partial charge in [-0.25, -0.2) is 0 Å². The first kappa shape index (κ1) is 16.3. The summed E-state index contributed by atoms with van der Waals surface area (Å²) in [5.41, 5.74) is 1.41. The van der Waals surface area contributed by atoms with Gasteiger partial charge < -0.3 is 5.11 Å². The predicted molar refractivity (Wildman–Crippen MR) is 87.0 cm³/mol. The highest BCUT2D eigenvalue weighted by Gasteiger charge is 2.17. The summed E-state index contributed by atoms with van der Waals surface area (Å²) >= 11 is 12.2. The number of halogens is 2. The lowest BCUT2D eigenvalue weighted by Crippen LogP contribution is -2.09. The highest BCUT2D eigenvalue weighted by Crippen LogP contribution is 2.31. The van der Waals surface area contributed by atoms with E-state index in [1.165, 1.54) is 0 Å². The molecule has 0 spiro atoms. The SMILES string of the molecule is CCC(CC)n1ccc(CC(O)c2c(Cl)cccc2Cl)n1. The smallest absolute Gasteiger partial charge is 0.0875 e. The second-order valence-corrected chi connectivity index (χ2v) is 5.93. The van der Waals surface area contributed by atoms with Crippen LogP contribution in [0.15, 0.2) is 30.5 Å². The number of aliphatic hydroxyl groups is 1. The Morgan fingerprint density at radius 1 is 1.14 bits per heavy atom. The van der Waals surface area contributed by atoms with Crippen LogP contribution in [-0.4, -0.2) is 14.9 Å². The standard InChI is InChI=1S/C16H20Cl2N2O/c1-3-12(4-2)20-9-8-11(19-20)10-15(21)16-13(17)6-5-7-14(16)18/h5-9,12,15,21H,3-4,10H2,1-2H3. The molecule has 0 bridgehead atoms. The van der Waals surface area contributed by atoms with Crippen LogP contribution in [-0.2, 0) is 6.42 Å². The Morgan fingerprint density at radius 2 is 1.76 bits per heavy atom. The van der Waals surface area contributed by atoms with Gasteiger partial charge in [-0.2, -0.15) is 5.10 Å². The van der Waals surface area contributed by atoms with Crippen LogP contribution in [0.5, 0.6) is 0 Å². The minimum Gasteiger partial charge on any atom is -0.388 e. The van der Waals surface area contributed by atoms with Gasteiger partial charge >= 0.3 is 0 Å². The Kier molecular flexibility index (Phi) is 5.68. The van der Waals surface area contributed by atoms with Crippen LogP contribution >= 0.6 is 23.2 Å². The van der Waals surface area contributed by atoms with Gasteiger partial charge in [0.25, 0.3) is 0 Å². The van der Waals surface area contributed by atoms with E-state index in [1.807, 2.05) is 16.9 Å². The highest BCUT2D eigenvalue weighted by atomic mass is 35.5. The molecule has 2 rings (SSSR count). The van der Waals surface area contributed by atoms with Crippen molar-refractivity contribution in [2.45, 2.75) is 45.3 Å². The third-order valence-electron chi connectivity index (χ3n) is 3.72. The minimum atomic E-state index is -0.753. The number of aliphatic hydroxyl groups excluding tert-OH is 1. The molecular weight excluding hydrogens is 307 g/mol. The average molecular weight is 327 g/mol. The number of aromatic nitrogens is 2. The molecule has 0 aliphatic heterocycles. The minimum absolute atomic E-state index is 0.399. The maximum Gasteiger partial charge on any atom is 0.0875 e. The van der Waals surface area contributed by atoms with Crippen molar-refractivity contribution in [2.24, 2.45) is 0 Å². The maximum atomic E-state index is 10.4. The lowest BCUT2D eigenvalue weighted by molar-refractivity contribution is 0.177. The van der Waals surface area contributed by atoms with Gasteiger partial charge in [-0.3, -0.25) is 4.68 Å². The molecule has 21 heavy (non-hydrogen) atoms. The largest absolute Gasteiger partial charge is 0.388 e. The molecule has 1 unspecified atom stereocenters. The van der Waals surface area contributed by atoms with E-state index in [0.29, 0.717) is 28.1 Å². The fraction of sp³-hybridized carbons (Fsp3) is 0.438. The molecule has 5 heteroatoms. The molecule has 1 aromatic heterocycles. The second-order valence-electron chi connectivity index (χ2n) is 5.11. The summed E-state index contributed by atoms with van der Waals surface area (Å²) in [5, 5.41) is 15.9. The van der Waals surface area contributed by atoms with Crippen molar-refractivity contribution in [3.05, 3.63) is 51.8 Å². The molecule has 1 heterocycles. The highest BCUT2D eigenvalue weighted by molar-refractivity contribution is 6.36. The quantitative estimate of drug-likeness (QED) is 0.825. The molecule has 114 valence electrons. The van der Waals surface area contributed by atoms with E-state index in [-0.39, 0.29) is 0 Å². The van der Waals surface area contributed by atoms with Crippen LogP contribution < -0.4 is 0 Å². The zero-order valence-corrected chi connectivity index (χ0v) is 13.8. The lowest BCUT2D eigenvalue weighted by atomic mass is 10.0. The topological polar surface area (TPSA) is 38.0 Å². The van der Waals surface area contributed by atoms with Gasteiger partial charge in [-0.05, 0) is 31.0 Å². The number of hydrogen-bond donors (Lipinski definition) is 1. The van der Waals surface area contributed by atoms with Crippen molar-refractivity contribution >= 4 is 23.2 Å². The third-order valence-corrected chi connectivity index (χ3v) is 4.37. The summed E-state index contributed by atoms with van der Waals surface area (Å²) in [6, 6.07) is 7.57. The van der Waals surface area contributed by atoms with E-state index in [2.05, 4.69) is 18.9 Å². The maximum absolute atomic E-state index is 10.4. The number of hydrogen-bond acceptors (Lipinski definition) is 2. The van der Waals surface area contributed by atoms with Gasteiger partial charge in [0.05, 0.1) is 17.8 Å². The van der Waals surface area contributed by atoms with Crippen LogP contribution in [0.25, 0.3) is 0 Å². The van der Waals surface area contributed by atoms with E-state index < -0.39 is 6.10 Å². The molecule has 1 atom stereocenters. The molecule has 0 aliphatic rings. The number of nitrogens with zero attached hydrogens (tertiary/aromatic N) is 2. The van der Waals surface area contributed by atoms with Crippen molar-refractivity contribution in [3.8, 4) is 0 Å². The first-order chi connectivity index (χ1) is 10.1. The zero-order chi connectivity index (χ0) is 15.4. The monoisotopic (exact) mass is 326 g/mol. The van der Waals surface area contributed by atoms with Crippen molar-refractivity contribution in [1.82, 2.24) is 9.78 Å². The van der Waals surface area contributed by atoms with Crippen LogP contribution in [0.2, 0.25) is 10.0 Å². The van der Waals surface area contributed by atoms with Crippen molar-refractivity contribution in [2.75, 3.05) is 0 Å². The Balaban J connectivity index is 2.15. The van der Waals surface area contributed by atoms with E-state index in [4.69, 9.17) is 23.2 Å². The van der Waals surface area contributed by atoms with Gasteiger partial charge in [0.1, 0.15) is 0 Å². The van der Waals surface area contributed by atoms with Gasteiger partial charge in [0, 0.05) is 28.2 Å². The van der Waals surface area contributed by atoms with Gasteiger partial charge in [0.2, 0.25) is 0 Å². The summed E-state index contributed by atoms with van der Waals surface area (Å²) in [7, 11) is 0. The molecule has 0 amide bonds. The van der Waals surface area contributed by atoms with E-state index in [9.17, 15) is 5.11 Å². The Morgan fingerprint density at radius 3 is 2.33 bits per heavy atom. The van der Waals surface area contributed by atoms with Crippen LogP contribution in [0.1, 0.15) is 50.1 Å². The van der Waals surface area contributed by atoms with Gasteiger partial charge in [0.15, 0.2) is 0 Å². The summed E-state index contributed by atoms with van der Waals surface area (Å²) in [6.07, 6.45) is 3.69. The molecule has 0 radical (unpaired) electrons. The number of rotatable bonds is 6. The molecule has 0 aliphatic carbocycles. The second kappa shape index (κ2) is 7.30. The summed E-state index contributed by atoms with van der Waals surface area (Å²) in [5.74, 6) is 0. The summed E-state index contributed by atoms with van der Waals surface area (Å²) in [4.78, 5) is 0. The Hall–Kier alpha value is -1.03. The molecule has 0 fully saturated rings. The Bertz CT molecular complexity index is 573. The fourth-order valence-electron chi connectivity index (χ4n) is 2.48. The van der Waals surface area contributed by atoms with Gasteiger partial charge in [-0.1, -0.05) is 43.1 Å². The van der Waals surface area contributed by atoms with E-state index in [1.54, 1.807) is 18.2 Å². The molecule has 3 nitrogen and oxygen atoms in total. The van der Waals surface area contributed by atoms with E-state index >= 15 is 0 Å². The molecule has 1 aromatic carbocycles. The normalized spacial score (nSPS) is 12.9. The molecular formula is C16H20Cl2N2O. The summed E-state index contributed by atoms with van der Waals surface area (Å²) in [6.45, 7) is 4.29. The van der Waals surface area contributed by atoms with Crippen molar-refractivity contribution in [1.29, 1.82) is 0 Å². The third kappa shape index (κ3) is 3.79. The zero-order valence-electron chi connectivity index (χ0n) is 12.3. The van der Waals surface area contributed by atoms with Crippen LogP contribution in [0, 0.1) is 0 Å². The molecule has 1 N–H and O–H groups in total. The fourth-order valence-corrected chi connectivity index (χ4v) is 3.13.